The Balaban J connectivity index is 1.97. The first-order valence-corrected chi connectivity index (χ1v) is 8.67. The van der Waals surface area contributed by atoms with Crippen LogP contribution in [0.2, 0.25) is 0 Å². The summed E-state index contributed by atoms with van der Waals surface area (Å²) in [5.41, 5.74) is 1.64. The summed E-state index contributed by atoms with van der Waals surface area (Å²) >= 11 is 0. The number of ether oxygens (including phenoxy) is 2. The number of fused-ring (bicyclic) bond motifs is 3. The molecule has 3 rings (SSSR count). The van der Waals surface area contributed by atoms with Gasteiger partial charge in [-0.2, -0.15) is 0 Å². The first-order valence-electron chi connectivity index (χ1n) is 8.67. The van der Waals surface area contributed by atoms with Gasteiger partial charge in [-0.3, -0.25) is 9.59 Å². The van der Waals surface area contributed by atoms with E-state index in [0.717, 1.165) is 5.57 Å². The minimum Gasteiger partial charge on any atom is -0.461 e. The lowest BCUT2D eigenvalue weighted by Crippen LogP contribution is -2.38. The molecule has 1 N–H and O–H groups in total. The highest BCUT2D eigenvalue weighted by Crippen LogP contribution is 2.52. The summed E-state index contributed by atoms with van der Waals surface area (Å²) in [6, 6.07) is 0. The summed E-state index contributed by atoms with van der Waals surface area (Å²) in [5, 5.41) is 10.2. The molecule has 2 saturated carbocycles. The zero-order valence-electron chi connectivity index (χ0n) is 14.5. The van der Waals surface area contributed by atoms with Crippen molar-refractivity contribution in [3.8, 4) is 0 Å². The minimum atomic E-state index is -0.596. The SMILES string of the molecule is C=C1[C@@H]2[C@H]3OC(=O)[C@@H](C)[C@@H]3[C@@H](OC(=O)C(C)C)CC(=C)[C@@H]2C[C@@H]1O. The third kappa shape index (κ3) is 2.59. The molecule has 2 aliphatic carbocycles. The van der Waals surface area contributed by atoms with Crippen LogP contribution in [0, 0.1) is 29.6 Å². The maximum Gasteiger partial charge on any atom is 0.309 e. The van der Waals surface area contributed by atoms with Crippen molar-refractivity contribution in [2.45, 2.75) is 51.9 Å². The number of rotatable bonds is 2. The standard InChI is InChI=1S/C19H26O5/c1-8(2)18(21)23-14-6-9(3)12-7-13(20)10(4)15(12)17-16(14)11(5)19(22)24-17/h8,11-17,20H,3-4,6-7H2,1-2,5H3/t11-,12-,13-,14-,15-,16+,17+/m0/s1. The largest absolute Gasteiger partial charge is 0.461 e. The summed E-state index contributed by atoms with van der Waals surface area (Å²) in [6.45, 7) is 13.6. The summed E-state index contributed by atoms with van der Waals surface area (Å²) in [4.78, 5) is 24.3. The Hall–Kier alpha value is -1.62. The number of hydrogen-bond acceptors (Lipinski definition) is 5. The molecular formula is C19H26O5. The molecule has 3 fully saturated rings. The van der Waals surface area contributed by atoms with Gasteiger partial charge in [0.15, 0.2) is 0 Å². The van der Waals surface area contributed by atoms with Crippen molar-refractivity contribution >= 4 is 11.9 Å². The van der Waals surface area contributed by atoms with E-state index in [9.17, 15) is 14.7 Å². The number of carbonyl (C=O) groups excluding carboxylic acids is 2. The van der Waals surface area contributed by atoms with Crippen LogP contribution in [0.25, 0.3) is 0 Å². The van der Waals surface area contributed by atoms with Crippen molar-refractivity contribution in [1.82, 2.24) is 0 Å². The van der Waals surface area contributed by atoms with Gasteiger partial charge in [-0.15, -0.1) is 0 Å². The molecule has 0 spiro atoms. The molecule has 7 atom stereocenters. The topological polar surface area (TPSA) is 72.8 Å². The molecule has 24 heavy (non-hydrogen) atoms. The Labute approximate surface area is 142 Å². The number of carbonyl (C=O) groups is 2. The van der Waals surface area contributed by atoms with Crippen LogP contribution in [0.5, 0.6) is 0 Å². The quantitative estimate of drug-likeness (QED) is 0.619. The highest BCUT2D eigenvalue weighted by Gasteiger charge is 2.57. The monoisotopic (exact) mass is 334 g/mol. The Morgan fingerprint density at radius 2 is 2.04 bits per heavy atom. The van der Waals surface area contributed by atoms with E-state index in [0.29, 0.717) is 18.4 Å². The Morgan fingerprint density at radius 3 is 2.67 bits per heavy atom. The molecule has 5 heteroatoms. The summed E-state index contributed by atoms with van der Waals surface area (Å²) < 4.78 is 11.4. The average Bonchev–Trinajstić information content (AvgIpc) is 2.92. The number of aliphatic hydroxyl groups is 1. The molecule has 0 aromatic heterocycles. The van der Waals surface area contributed by atoms with E-state index in [1.807, 2.05) is 6.92 Å². The maximum absolute atomic E-state index is 12.2. The van der Waals surface area contributed by atoms with Crippen LogP contribution < -0.4 is 0 Å². The molecule has 132 valence electrons. The van der Waals surface area contributed by atoms with E-state index in [-0.39, 0.29) is 41.5 Å². The van der Waals surface area contributed by atoms with Crippen LogP contribution in [0.1, 0.15) is 33.6 Å². The third-order valence-corrected chi connectivity index (χ3v) is 5.86. The molecule has 1 aliphatic heterocycles. The van der Waals surface area contributed by atoms with Crippen molar-refractivity contribution < 1.29 is 24.2 Å². The summed E-state index contributed by atoms with van der Waals surface area (Å²) in [6.07, 6.45) is -0.382. The zero-order chi connectivity index (χ0) is 17.8. The fourth-order valence-corrected chi connectivity index (χ4v) is 4.44. The van der Waals surface area contributed by atoms with E-state index < -0.39 is 18.3 Å². The fraction of sp³-hybridized carbons (Fsp3) is 0.684. The normalized spacial score (nSPS) is 41.7. The first-order chi connectivity index (χ1) is 11.2. The Morgan fingerprint density at radius 1 is 1.38 bits per heavy atom. The van der Waals surface area contributed by atoms with Crippen molar-refractivity contribution in [3.63, 3.8) is 0 Å². The molecule has 0 aromatic carbocycles. The number of esters is 2. The smallest absolute Gasteiger partial charge is 0.309 e. The molecule has 1 saturated heterocycles. The van der Waals surface area contributed by atoms with E-state index in [2.05, 4.69) is 13.2 Å². The first kappa shape index (κ1) is 17.2. The van der Waals surface area contributed by atoms with Gasteiger partial charge < -0.3 is 14.6 Å². The van der Waals surface area contributed by atoms with Crippen LogP contribution in [0.4, 0.5) is 0 Å². The third-order valence-electron chi connectivity index (χ3n) is 5.86. The van der Waals surface area contributed by atoms with E-state index in [4.69, 9.17) is 9.47 Å². The van der Waals surface area contributed by atoms with Gasteiger partial charge in [0, 0.05) is 18.3 Å². The van der Waals surface area contributed by atoms with Crippen LogP contribution >= 0.6 is 0 Å². The lowest BCUT2D eigenvalue weighted by atomic mass is 9.79. The van der Waals surface area contributed by atoms with E-state index >= 15 is 0 Å². The molecule has 0 radical (unpaired) electrons. The van der Waals surface area contributed by atoms with Crippen LogP contribution in [0.3, 0.4) is 0 Å². The fourth-order valence-electron chi connectivity index (χ4n) is 4.44. The van der Waals surface area contributed by atoms with Gasteiger partial charge in [0.05, 0.1) is 17.9 Å². The lowest BCUT2D eigenvalue weighted by Gasteiger charge is -2.29. The van der Waals surface area contributed by atoms with Gasteiger partial charge >= 0.3 is 11.9 Å². The lowest BCUT2D eigenvalue weighted by molar-refractivity contribution is -0.157. The Bertz CT molecular complexity index is 593. The van der Waals surface area contributed by atoms with Gasteiger partial charge in [-0.05, 0) is 17.9 Å². The van der Waals surface area contributed by atoms with E-state index in [1.165, 1.54) is 0 Å². The van der Waals surface area contributed by atoms with Gasteiger partial charge in [0.2, 0.25) is 0 Å². The molecular weight excluding hydrogens is 308 g/mol. The van der Waals surface area contributed by atoms with Gasteiger partial charge in [0.25, 0.3) is 0 Å². The van der Waals surface area contributed by atoms with E-state index in [1.54, 1.807) is 13.8 Å². The van der Waals surface area contributed by atoms with Crippen molar-refractivity contribution in [3.05, 3.63) is 24.3 Å². The highest BCUT2D eigenvalue weighted by atomic mass is 16.6. The van der Waals surface area contributed by atoms with Crippen LogP contribution in [0.15, 0.2) is 24.3 Å². The number of hydrogen-bond donors (Lipinski definition) is 1. The second kappa shape index (κ2) is 6.03. The molecule has 0 unspecified atom stereocenters. The molecule has 0 bridgehead atoms. The molecule has 3 aliphatic rings. The number of aliphatic hydroxyl groups excluding tert-OH is 1. The van der Waals surface area contributed by atoms with Crippen molar-refractivity contribution in [1.29, 1.82) is 0 Å². The predicted molar refractivity (Wildman–Crippen MR) is 87.8 cm³/mol. The zero-order valence-corrected chi connectivity index (χ0v) is 14.5. The maximum atomic E-state index is 12.2. The van der Waals surface area contributed by atoms with Gasteiger partial charge in [-0.1, -0.05) is 39.5 Å². The minimum absolute atomic E-state index is 0.0147. The molecule has 1 heterocycles. The van der Waals surface area contributed by atoms with Crippen molar-refractivity contribution in [2.24, 2.45) is 29.6 Å². The molecule has 0 aromatic rings. The van der Waals surface area contributed by atoms with Gasteiger partial charge in [-0.25, -0.2) is 0 Å². The predicted octanol–water partition coefficient (Wildman–Crippen LogP) is 2.25. The summed E-state index contributed by atoms with van der Waals surface area (Å²) in [7, 11) is 0. The van der Waals surface area contributed by atoms with Crippen LogP contribution in [-0.4, -0.2) is 35.4 Å². The molecule has 5 nitrogen and oxygen atoms in total. The second-order valence-electron chi connectivity index (χ2n) is 7.72. The van der Waals surface area contributed by atoms with Crippen LogP contribution in [-0.2, 0) is 19.1 Å². The summed E-state index contributed by atoms with van der Waals surface area (Å²) in [5.74, 6) is -1.48. The average molecular weight is 334 g/mol. The highest BCUT2D eigenvalue weighted by molar-refractivity contribution is 5.76. The molecule has 0 amide bonds. The van der Waals surface area contributed by atoms with Gasteiger partial charge in [0.1, 0.15) is 12.2 Å². The Kier molecular flexibility index (Phi) is 4.32. The van der Waals surface area contributed by atoms with Crippen molar-refractivity contribution in [2.75, 3.05) is 0 Å². The second-order valence-corrected chi connectivity index (χ2v) is 7.72.